The van der Waals surface area contributed by atoms with Crippen molar-refractivity contribution in [2.75, 3.05) is 18.1 Å². The summed E-state index contributed by atoms with van der Waals surface area (Å²) in [4.78, 5) is 5.67. The Morgan fingerprint density at radius 1 is 1.22 bits per heavy atom. The molecule has 0 amide bonds. The van der Waals surface area contributed by atoms with Crippen LogP contribution in [0.4, 0.5) is 5.69 Å². The molecule has 18 heavy (non-hydrogen) atoms. The monoisotopic (exact) mass is 328 g/mol. The fourth-order valence-corrected chi connectivity index (χ4v) is 2.47. The zero-order valence-corrected chi connectivity index (χ0v) is 13.8. The van der Waals surface area contributed by atoms with Crippen LogP contribution in [0.5, 0.6) is 0 Å². The molecular formula is C14H21BrN2S. The third-order valence-corrected chi connectivity index (χ3v) is 3.62. The lowest BCUT2D eigenvalue weighted by molar-refractivity contribution is 0.405. The van der Waals surface area contributed by atoms with E-state index >= 15 is 0 Å². The summed E-state index contributed by atoms with van der Waals surface area (Å²) in [5.74, 6) is 0. The first-order chi connectivity index (χ1) is 8.11. The zero-order valence-electron chi connectivity index (χ0n) is 11.2. The maximum Gasteiger partial charge on any atom is 0.0942 e. The predicted molar refractivity (Wildman–Crippen MR) is 87.0 cm³/mol. The van der Waals surface area contributed by atoms with Crippen LogP contribution in [0.15, 0.2) is 29.4 Å². The number of nitrogens with zero attached hydrogens (tertiary/aromatic N) is 2. The van der Waals surface area contributed by atoms with Crippen molar-refractivity contribution in [1.29, 1.82) is 0 Å². The molecule has 0 aromatic heterocycles. The van der Waals surface area contributed by atoms with Gasteiger partial charge in [0.15, 0.2) is 0 Å². The number of thiol groups is 1. The molecule has 0 aliphatic carbocycles. The second-order valence-corrected chi connectivity index (χ2v) is 5.12. The summed E-state index contributed by atoms with van der Waals surface area (Å²) in [6.07, 6.45) is 5.48. The Balaban J connectivity index is 0.00000162. The first-order valence-electron chi connectivity index (χ1n) is 6.11. The molecule has 0 bridgehead atoms. The summed E-state index contributed by atoms with van der Waals surface area (Å²) in [6, 6.07) is 4.38. The Morgan fingerprint density at radius 3 is 2.61 bits per heavy atom. The molecule has 0 radical (unpaired) electrons. The standard InChI is InChI=1S/C14H20N2S.BrH/c1-4-5-15-6-7-16(10-15)13-9-11(2)8-12(3)14(13)17;/h6-9,17H,4-5,10H2,1-3H3;1H. The number of hydrogen-bond donors (Lipinski definition) is 1. The average Bonchev–Trinajstić information content (AvgIpc) is 2.72. The lowest BCUT2D eigenvalue weighted by atomic mass is 10.1. The second-order valence-electron chi connectivity index (χ2n) is 4.67. The first-order valence-corrected chi connectivity index (χ1v) is 6.55. The molecule has 0 atom stereocenters. The molecule has 1 heterocycles. The van der Waals surface area contributed by atoms with Crippen LogP contribution in [0.25, 0.3) is 0 Å². The van der Waals surface area contributed by atoms with Crippen molar-refractivity contribution in [3.8, 4) is 0 Å². The minimum absolute atomic E-state index is 0. The van der Waals surface area contributed by atoms with Crippen molar-refractivity contribution in [2.24, 2.45) is 0 Å². The van der Waals surface area contributed by atoms with Gasteiger partial charge in [0.2, 0.25) is 0 Å². The molecule has 100 valence electrons. The van der Waals surface area contributed by atoms with Gasteiger partial charge in [-0.2, -0.15) is 0 Å². The van der Waals surface area contributed by atoms with Gasteiger partial charge in [-0.25, -0.2) is 0 Å². The van der Waals surface area contributed by atoms with Gasteiger partial charge in [-0.05, 0) is 37.5 Å². The number of anilines is 1. The fraction of sp³-hybridized carbons (Fsp3) is 0.429. The van der Waals surface area contributed by atoms with Crippen molar-refractivity contribution < 1.29 is 0 Å². The molecule has 0 spiro atoms. The highest BCUT2D eigenvalue weighted by Crippen LogP contribution is 2.30. The van der Waals surface area contributed by atoms with Crippen molar-refractivity contribution in [2.45, 2.75) is 32.1 Å². The minimum Gasteiger partial charge on any atom is -0.358 e. The summed E-state index contributed by atoms with van der Waals surface area (Å²) in [5.41, 5.74) is 3.74. The van der Waals surface area contributed by atoms with Gasteiger partial charge in [0.25, 0.3) is 0 Å². The molecule has 1 aromatic carbocycles. The third kappa shape index (κ3) is 3.23. The van der Waals surface area contributed by atoms with Crippen LogP contribution in [0.1, 0.15) is 24.5 Å². The second kappa shape index (κ2) is 6.53. The Bertz CT molecular complexity index is 446. The average molecular weight is 329 g/mol. The topological polar surface area (TPSA) is 6.48 Å². The summed E-state index contributed by atoms with van der Waals surface area (Å²) < 4.78 is 0. The van der Waals surface area contributed by atoms with Crippen molar-refractivity contribution in [3.05, 3.63) is 35.7 Å². The fourth-order valence-electron chi connectivity index (χ4n) is 2.21. The van der Waals surface area contributed by atoms with Crippen LogP contribution in [0.2, 0.25) is 0 Å². The lowest BCUT2D eigenvalue weighted by Crippen LogP contribution is -2.25. The third-order valence-electron chi connectivity index (χ3n) is 3.04. The van der Waals surface area contributed by atoms with Crippen LogP contribution in [-0.2, 0) is 0 Å². The largest absolute Gasteiger partial charge is 0.358 e. The van der Waals surface area contributed by atoms with E-state index < -0.39 is 0 Å². The normalized spacial score (nSPS) is 14.0. The molecule has 0 N–H and O–H groups in total. The predicted octanol–water partition coefficient (Wildman–Crippen LogP) is 4.13. The van der Waals surface area contributed by atoms with E-state index in [9.17, 15) is 0 Å². The van der Waals surface area contributed by atoms with Crippen LogP contribution in [-0.4, -0.2) is 18.1 Å². The molecule has 4 heteroatoms. The number of benzene rings is 1. The molecule has 1 aromatic rings. The van der Waals surface area contributed by atoms with Crippen LogP contribution in [0.3, 0.4) is 0 Å². The van der Waals surface area contributed by atoms with E-state index in [0.717, 1.165) is 18.1 Å². The first kappa shape index (κ1) is 15.4. The molecule has 0 saturated heterocycles. The van der Waals surface area contributed by atoms with Crippen molar-refractivity contribution in [1.82, 2.24) is 4.90 Å². The summed E-state index contributed by atoms with van der Waals surface area (Å²) >= 11 is 4.62. The summed E-state index contributed by atoms with van der Waals surface area (Å²) in [6.45, 7) is 8.50. The molecule has 2 rings (SSSR count). The van der Waals surface area contributed by atoms with Crippen molar-refractivity contribution in [3.63, 3.8) is 0 Å². The van der Waals surface area contributed by atoms with Crippen molar-refractivity contribution >= 4 is 35.3 Å². The highest BCUT2D eigenvalue weighted by Gasteiger charge is 2.16. The van der Waals surface area contributed by atoms with E-state index in [2.05, 4.69) is 67.7 Å². The smallest absolute Gasteiger partial charge is 0.0942 e. The van der Waals surface area contributed by atoms with Gasteiger partial charge in [0.05, 0.1) is 12.4 Å². The molecule has 1 aliphatic rings. The highest BCUT2D eigenvalue weighted by molar-refractivity contribution is 8.93. The Labute approximate surface area is 126 Å². The van der Waals surface area contributed by atoms with Gasteiger partial charge in [-0.1, -0.05) is 13.0 Å². The van der Waals surface area contributed by atoms with E-state index in [1.807, 2.05) is 0 Å². The van der Waals surface area contributed by atoms with E-state index in [1.54, 1.807) is 0 Å². The zero-order chi connectivity index (χ0) is 12.4. The molecule has 2 nitrogen and oxygen atoms in total. The van der Waals surface area contributed by atoms with Crippen LogP contribution in [0, 0.1) is 13.8 Å². The highest BCUT2D eigenvalue weighted by atomic mass is 79.9. The molecular weight excluding hydrogens is 308 g/mol. The van der Waals surface area contributed by atoms with E-state index in [4.69, 9.17) is 0 Å². The summed E-state index contributed by atoms with van der Waals surface area (Å²) in [7, 11) is 0. The maximum absolute atomic E-state index is 4.62. The number of halogens is 1. The summed E-state index contributed by atoms with van der Waals surface area (Å²) in [5, 5.41) is 0. The SMILES string of the molecule is Br.CCCN1C=CN(c2cc(C)cc(C)c2S)C1. The Morgan fingerprint density at radius 2 is 1.94 bits per heavy atom. The van der Waals surface area contributed by atoms with Gasteiger partial charge in [0.1, 0.15) is 0 Å². The molecule has 0 saturated carbocycles. The van der Waals surface area contributed by atoms with Gasteiger partial charge >= 0.3 is 0 Å². The van der Waals surface area contributed by atoms with Crippen LogP contribution < -0.4 is 4.90 Å². The number of hydrogen-bond acceptors (Lipinski definition) is 3. The van der Waals surface area contributed by atoms with Gasteiger partial charge in [-0.3, -0.25) is 0 Å². The number of rotatable bonds is 3. The van der Waals surface area contributed by atoms with Gasteiger partial charge in [0, 0.05) is 23.8 Å². The lowest BCUT2D eigenvalue weighted by Gasteiger charge is -2.23. The Hall–Kier alpha value is -0.610. The van der Waals surface area contributed by atoms with Crippen LogP contribution >= 0.6 is 29.6 Å². The van der Waals surface area contributed by atoms with E-state index in [-0.39, 0.29) is 17.0 Å². The Kier molecular flexibility index (Phi) is 5.60. The molecule has 1 aliphatic heterocycles. The molecule has 0 fully saturated rings. The van der Waals surface area contributed by atoms with Gasteiger partial charge in [-0.15, -0.1) is 29.6 Å². The van der Waals surface area contributed by atoms with Gasteiger partial charge < -0.3 is 9.80 Å². The number of aryl methyl sites for hydroxylation is 2. The van der Waals surface area contributed by atoms with E-state index in [0.29, 0.717) is 0 Å². The molecule has 0 unspecified atom stereocenters. The minimum atomic E-state index is 0. The quantitative estimate of drug-likeness (QED) is 0.833. The maximum atomic E-state index is 4.62. The van der Waals surface area contributed by atoms with E-state index in [1.165, 1.54) is 23.2 Å².